The summed E-state index contributed by atoms with van der Waals surface area (Å²) in [5, 5.41) is 15.2. The Morgan fingerprint density at radius 3 is 2.26 bits per heavy atom. The molecule has 0 radical (unpaired) electrons. The van der Waals surface area contributed by atoms with Gasteiger partial charge in [-0.1, -0.05) is 57.2 Å². The van der Waals surface area contributed by atoms with Crippen molar-refractivity contribution in [3.63, 3.8) is 0 Å². The van der Waals surface area contributed by atoms with Crippen LogP contribution in [-0.2, 0) is 5.41 Å². The number of nitro groups is 1. The highest BCUT2D eigenvalue weighted by Crippen LogP contribution is 2.24. The van der Waals surface area contributed by atoms with E-state index >= 15 is 0 Å². The van der Waals surface area contributed by atoms with E-state index < -0.39 is 4.92 Å². The summed E-state index contributed by atoms with van der Waals surface area (Å²) < 4.78 is 0. The number of rotatable bonds is 4. The van der Waals surface area contributed by atoms with Crippen LogP contribution < -0.4 is 5.43 Å². The summed E-state index contributed by atoms with van der Waals surface area (Å²) in [6.45, 7) is 8.37. The number of benzene rings is 2. The fraction of sp³-hybridized carbons (Fsp3) is 0.278. The molecule has 2 aromatic rings. The van der Waals surface area contributed by atoms with E-state index in [0.717, 1.165) is 11.3 Å². The number of nitro benzene ring substituents is 1. The molecule has 0 bridgehead atoms. The zero-order valence-electron chi connectivity index (χ0n) is 13.8. The maximum absolute atomic E-state index is 11.0. The average Bonchev–Trinajstić information content (AvgIpc) is 2.52. The summed E-state index contributed by atoms with van der Waals surface area (Å²) in [5.41, 5.74) is 6.27. The van der Waals surface area contributed by atoms with Crippen LogP contribution in [0.25, 0.3) is 0 Å². The highest BCUT2D eigenvalue weighted by molar-refractivity contribution is 5.99. The monoisotopic (exact) mass is 311 g/mol. The lowest BCUT2D eigenvalue weighted by Gasteiger charge is -2.19. The van der Waals surface area contributed by atoms with Gasteiger partial charge in [-0.05, 0) is 29.5 Å². The van der Waals surface area contributed by atoms with E-state index in [-0.39, 0.29) is 11.1 Å². The van der Waals surface area contributed by atoms with Gasteiger partial charge in [-0.2, -0.15) is 5.10 Å². The minimum absolute atomic E-state index is 0.00660. The van der Waals surface area contributed by atoms with Gasteiger partial charge in [0, 0.05) is 6.07 Å². The Morgan fingerprint density at radius 1 is 1.09 bits per heavy atom. The molecule has 23 heavy (non-hydrogen) atoms. The van der Waals surface area contributed by atoms with Crippen molar-refractivity contribution in [3.8, 4) is 0 Å². The molecule has 0 heterocycles. The third-order valence-electron chi connectivity index (χ3n) is 3.61. The van der Waals surface area contributed by atoms with E-state index in [9.17, 15) is 10.1 Å². The van der Waals surface area contributed by atoms with Crippen LogP contribution in [0.3, 0.4) is 0 Å². The molecular formula is C18H21N3O2. The van der Waals surface area contributed by atoms with Gasteiger partial charge in [0.15, 0.2) is 0 Å². The number of hydrogen-bond acceptors (Lipinski definition) is 4. The molecule has 0 atom stereocenters. The Kier molecular flexibility index (Phi) is 4.79. The lowest BCUT2D eigenvalue weighted by atomic mass is 9.86. The first kappa shape index (κ1) is 16.7. The molecule has 0 spiro atoms. The van der Waals surface area contributed by atoms with Crippen molar-refractivity contribution in [2.24, 2.45) is 5.10 Å². The molecule has 1 N–H and O–H groups in total. The molecule has 0 aliphatic carbocycles. The number of hydrazone groups is 1. The molecule has 2 aromatic carbocycles. The number of hydrogen-bond donors (Lipinski definition) is 1. The van der Waals surface area contributed by atoms with Crippen molar-refractivity contribution in [2.45, 2.75) is 33.1 Å². The van der Waals surface area contributed by atoms with Crippen LogP contribution in [0.15, 0.2) is 53.6 Å². The second-order valence-corrected chi connectivity index (χ2v) is 6.41. The van der Waals surface area contributed by atoms with Gasteiger partial charge in [-0.15, -0.1) is 0 Å². The summed E-state index contributed by atoms with van der Waals surface area (Å²) in [4.78, 5) is 10.6. The Balaban J connectivity index is 2.19. The molecule has 0 amide bonds. The Bertz CT molecular complexity index is 729. The van der Waals surface area contributed by atoms with Gasteiger partial charge >= 0.3 is 0 Å². The van der Waals surface area contributed by atoms with E-state index in [1.54, 1.807) is 18.2 Å². The summed E-state index contributed by atoms with van der Waals surface area (Å²) in [5.74, 6) is 0. The van der Waals surface area contributed by atoms with Crippen LogP contribution in [0.2, 0.25) is 0 Å². The smallest absolute Gasteiger partial charge is 0.271 e. The van der Waals surface area contributed by atoms with Crippen molar-refractivity contribution >= 4 is 17.1 Å². The zero-order chi connectivity index (χ0) is 17.0. The highest BCUT2D eigenvalue weighted by Gasteiger charge is 2.14. The topological polar surface area (TPSA) is 67.5 Å². The molecule has 5 nitrogen and oxygen atoms in total. The standard InChI is InChI=1S/C18H21N3O2/c1-13(14-9-11-15(12-10-14)18(2,3)4)19-20-16-7-5-6-8-17(16)21(22)23/h5-12,20H,1-4H3. The van der Waals surface area contributed by atoms with Crippen molar-refractivity contribution in [3.05, 3.63) is 69.8 Å². The molecule has 0 aliphatic heterocycles. The van der Waals surface area contributed by atoms with Gasteiger partial charge in [0.2, 0.25) is 0 Å². The second kappa shape index (κ2) is 6.60. The predicted molar refractivity (Wildman–Crippen MR) is 94.1 cm³/mol. The van der Waals surface area contributed by atoms with Gasteiger partial charge in [0.25, 0.3) is 5.69 Å². The summed E-state index contributed by atoms with van der Waals surface area (Å²) in [6.07, 6.45) is 0. The molecule has 0 unspecified atom stereocenters. The third-order valence-corrected chi connectivity index (χ3v) is 3.61. The van der Waals surface area contributed by atoms with E-state index in [1.807, 2.05) is 19.1 Å². The summed E-state index contributed by atoms with van der Waals surface area (Å²) in [7, 11) is 0. The van der Waals surface area contributed by atoms with Gasteiger partial charge in [-0.25, -0.2) is 0 Å². The first-order valence-corrected chi connectivity index (χ1v) is 7.43. The number of anilines is 1. The quantitative estimate of drug-likeness (QED) is 0.504. The van der Waals surface area contributed by atoms with Crippen LogP contribution in [0.4, 0.5) is 11.4 Å². The largest absolute Gasteiger partial charge is 0.294 e. The average molecular weight is 311 g/mol. The molecule has 0 saturated carbocycles. The minimum Gasteiger partial charge on any atom is -0.271 e. The number of nitrogens with zero attached hydrogens (tertiary/aromatic N) is 2. The first-order chi connectivity index (χ1) is 10.8. The first-order valence-electron chi connectivity index (χ1n) is 7.43. The van der Waals surface area contributed by atoms with E-state index in [0.29, 0.717) is 5.69 Å². The normalized spacial score (nSPS) is 12.1. The summed E-state index contributed by atoms with van der Waals surface area (Å²) in [6, 6.07) is 14.6. The van der Waals surface area contributed by atoms with Crippen LogP contribution in [0.1, 0.15) is 38.8 Å². The molecule has 0 aromatic heterocycles. The SMILES string of the molecule is CC(=NNc1ccccc1[N+](=O)[O-])c1ccc(C(C)(C)C)cc1. The maximum atomic E-state index is 11.0. The molecule has 2 rings (SSSR count). The van der Waals surface area contributed by atoms with E-state index in [1.165, 1.54) is 11.6 Å². The Labute approximate surface area is 136 Å². The third kappa shape index (κ3) is 4.16. The van der Waals surface area contributed by atoms with Crippen molar-refractivity contribution in [2.75, 3.05) is 5.43 Å². The maximum Gasteiger partial charge on any atom is 0.294 e. The second-order valence-electron chi connectivity index (χ2n) is 6.41. The van der Waals surface area contributed by atoms with Crippen LogP contribution in [0, 0.1) is 10.1 Å². The lowest BCUT2D eigenvalue weighted by Crippen LogP contribution is -2.11. The van der Waals surface area contributed by atoms with Crippen LogP contribution in [0.5, 0.6) is 0 Å². The van der Waals surface area contributed by atoms with Gasteiger partial charge in [-0.3, -0.25) is 15.5 Å². The minimum atomic E-state index is -0.425. The van der Waals surface area contributed by atoms with Crippen molar-refractivity contribution in [1.82, 2.24) is 0 Å². The van der Waals surface area contributed by atoms with Crippen molar-refractivity contribution < 1.29 is 4.92 Å². The zero-order valence-corrected chi connectivity index (χ0v) is 13.8. The Morgan fingerprint density at radius 2 is 1.70 bits per heavy atom. The van der Waals surface area contributed by atoms with Crippen LogP contribution >= 0.6 is 0 Å². The highest BCUT2D eigenvalue weighted by atomic mass is 16.6. The van der Waals surface area contributed by atoms with Gasteiger partial charge < -0.3 is 0 Å². The molecule has 0 fully saturated rings. The molecule has 5 heteroatoms. The molecule has 0 saturated heterocycles. The van der Waals surface area contributed by atoms with Crippen molar-refractivity contribution in [1.29, 1.82) is 0 Å². The Hall–Kier alpha value is -2.69. The summed E-state index contributed by atoms with van der Waals surface area (Å²) >= 11 is 0. The number of nitrogens with one attached hydrogen (secondary N) is 1. The van der Waals surface area contributed by atoms with E-state index in [4.69, 9.17) is 0 Å². The number of para-hydroxylation sites is 2. The lowest BCUT2D eigenvalue weighted by molar-refractivity contribution is -0.384. The fourth-order valence-corrected chi connectivity index (χ4v) is 2.15. The molecule has 0 aliphatic rings. The molecule has 120 valence electrons. The van der Waals surface area contributed by atoms with Crippen LogP contribution in [-0.4, -0.2) is 10.6 Å². The fourth-order valence-electron chi connectivity index (χ4n) is 2.15. The molecular weight excluding hydrogens is 290 g/mol. The van der Waals surface area contributed by atoms with E-state index in [2.05, 4.69) is 43.4 Å². The van der Waals surface area contributed by atoms with Gasteiger partial charge in [0.1, 0.15) is 5.69 Å². The predicted octanol–water partition coefficient (Wildman–Crippen LogP) is 4.73. The van der Waals surface area contributed by atoms with Gasteiger partial charge in [0.05, 0.1) is 10.6 Å².